The van der Waals surface area contributed by atoms with E-state index in [9.17, 15) is 8.42 Å². The average molecular weight is 435 g/mol. The van der Waals surface area contributed by atoms with Gasteiger partial charge in [0, 0.05) is 10.7 Å². The molecule has 2 aromatic rings. The Morgan fingerprint density at radius 1 is 1.08 bits per heavy atom. The van der Waals surface area contributed by atoms with Crippen LogP contribution >= 0.6 is 15.9 Å². The maximum atomic E-state index is 13.0. The van der Waals surface area contributed by atoms with E-state index in [2.05, 4.69) is 32.9 Å². The normalized spacial score (nSPS) is 25.0. The Balaban J connectivity index is 1.76. The molecule has 2 aromatic carbocycles. The molecular weight excluding hydrogens is 412 g/mol. The molecule has 1 aliphatic heterocycles. The number of nitrogens with one attached hydrogen (secondary N) is 1. The molecule has 0 aromatic heterocycles. The smallest absolute Gasteiger partial charge is 0.257 e. The van der Waals surface area contributed by atoms with Gasteiger partial charge in [0.1, 0.15) is 0 Å². The first kappa shape index (κ1) is 18.0. The summed E-state index contributed by atoms with van der Waals surface area (Å²) in [5.41, 5.74) is 4.41. The lowest BCUT2D eigenvalue weighted by Gasteiger charge is -2.37. The highest BCUT2D eigenvalue weighted by molar-refractivity contribution is 9.09. The van der Waals surface area contributed by atoms with Gasteiger partial charge < -0.3 is 0 Å². The molecule has 2 aliphatic rings. The summed E-state index contributed by atoms with van der Waals surface area (Å²) in [6.07, 6.45) is 3.30. The maximum absolute atomic E-state index is 13.0. The first-order valence-corrected chi connectivity index (χ1v) is 11.4. The number of fused-ring (bicyclic) bond motifs is 3. The molecule has 4 nitrogen and oxygen atoms in total. The molecule has 0 spiro atoms. The summed E-state index contributed by atoms with van der Waals surface area (Å²) in [5, 5.41) is 1.91. The van der Waals surface area contributed by atoms with Crippen LogP contribution < -0.4 is 9.84 Å². The second-order valence-corrected chi connectivity index (χ2v) is 10.2. The van der Waals surface area contributed by atoms with Crippen molar-refractivity contribution in [3.05, 3.63) is 59.2 Å². The largest absolute Gasteiger partial charge is 0.289 e. The third kappa shape index (κ3) is 2.98. The molecule has 3 unspecified atom stereocenters. The van der Waals surface area contributed by atoms with Crippen molar-refractivity contribution in [3.63, 3.8) is 0 Å². The zero-order valence-corrected chi connectivity index (χ0v) is 17.3. The third-order valence-electron chi connectivity index (χ3n) is 5.54. The van der Waals surface area contributed by atoms with Crippen molar-refractivity contribution in [1.29, 1.82) is 0 Å². The van der Waals surface area contributed by atoms with E-state index in [1.165, 1.54) is 5.56 Å². The van der Waals surface area contributed by atoms with Crippen LogP contribution in [0.3, 0.4) is 0 Å². The van der Waals surface area contributed by atoms with E-state index >= 15 is 0 Å². The number of hydrogen-bond donors (Lipinski definition) is 1. The Labute approximate surface area is 163 Å². The molecule has 3 atom stereocenters. The van der Waals surface area contributed by atoms with E-state index in [-0.39, 0.29) is 10.9 Å². The van der Waals surface area contributed by atoms with Crippen LogP contribution in [-0.4, -0.2) is 19.3 Å². The molecule has 6 heteroatoms. The van der Waals surface area contributed by atoms with Gasteiger partial charge in [0.05, 0.1) is 16.6 Å². The van der Waals surface area contributed by atoms with Gasteiger partial charge in [-0.1, -0.05) is 58.2 Å². The number of hydrogen-bond acceptors (Lipinski definition) is 3. The Morgan fingerprint density at radius 3 is 2.54 bits per heavy atom. The molecule has 1 N–H and O–H groups in total. The summed E-state index contributed by atoms with van der Waals surface area (Å²) in [7, 11) is -3.64. The van der Waals surface area contributed by atoms with Gasteiger partial charge >= 0.3 is 0 Å². The zero-order valence-electron chi connectivity index (χ0n) is 14.9. The predicted octanol–water partition coefficient (Wildman–Crippen LogP) is 4.42. The number of rotatable bonds is 3. The molecule has 4 rings (SSSR count). The van der Waals surface area contributed by atoms with Crippen molar-refractivity contribution >= 4 is 31.6 Å². The van der Waals surface area contributed by atoms with E-state index in [0.717, 1.165) is 36.1 Å². The molecule has 1 saturated carbocycles. The lowest BCUT2D eigenvalue weighted by molar-refractivity contribution is 0.394. The Hall–Kier alpha value is -1.37. The van der Waals surface area contributed by atoms with Gasteiger partial charge in [-0.15, -0.1) is 4.83 Å². The van der Waals surface area contributed by atoms with Crippen LogP contribution in [0.4, 0.5) is 5.69 Å². The van der Waals surface area contributed by atoms with E-state index in [4.69, 9.17) is 0 Å². The molecule has 0 bridgehead atoms. The van der Waals surface area contributed by atoms with Crippen LogP contribution in [0.15, 0.2) is 47.4 Å². The monoisotopic (exact) mass is 434 g/mol. The number of nitrogens with zero attached hydrogens (tertiary/aromatic N) is 1. The van der Waals surface area contributed by atoms with Gasteiger partial charge in [0.2, 0.25) is 0 Å². The molecule has 138 valence electrons. The summed E-state index contributed by atoms with van der Waals surface area (Å²) in [4.78, 5) is 3.45. The SMILES string of the molecule is Cc1ccc(S(=O)(=O)NN2c3c(C)cccc3C3CCCC(Br)C32)cc1. The Bertz CT molecular complexity index is 927. The van der Waals surface area contributed by atoms with Crippen LogP contribution in [0.2, 0.25) is 0 Å². The number of anilines is 1. The van der Waals surface area contributed by atoms with E-state index in [1.54, 1.807) is 12.1 Å². The minimum Gasteiger partial charge on any atom is -0.289 e. The van der Waals surface area contributed by atoms with Crippen LogP contribution in [0.25, 0.3) is 0 Å². The number of aryl methyl sites for hydroxylation is 2. The van der Waals surface area contributed by atoms with E-state index in [1.807, 2.05) is 37.1 Å². The van der Waals surface area contributed by atoms with Crippen molar-refractivity contribution < 1.29 is 8.42 Å². The third-order valence-corrected chi connectivity index (χ3v) is 7.86. The molecular formula is C20H23BrN2O2S. The van der Waals surface area contributed by atoms with Gasteiger partial charge in [0.25, 0.3) is 10.0 Å². The highest BCUT2D eigenvalue weighted by atomic mass is 79.9. The number of halogens is 1. The van der Waals surface area contributed by atoms with Crippen molar-refractivity contribution in [3.8, 4) is 0 Å². The van der Waals surface area contributed by atoms with Crippen LogP contribution in [0.5, 0.6) is 0 Å². The lowest BCUT2D eigenvalue weighted by atomic mass is 9.82. The van der Waals surface area contributed by atoms with Gasteiger partial charge in [-0.25, -0.2) is 8.42 Å². The van der Waals surface area contributed by atoms with Gasteiger partial charge in [0.15, 0.2) is 0 Å². The zero-order chi connectivity index (χ0) is 18.5. The van der Waals surface area contributed by atoms with Gasteiger partial charge in [-0.2, -0.15) is 0 Å². The minimum atomic E-state index is -3.64. The number of alkyl halides is 1. The van der Waals surface area contributed by atoms with Gasteiger partial charge in [-0.3, -0.25) is 5.01 Å². The molecule has 1 heterocycles. The van der Waals surface area contributed by atoms with Crippen molar-refractivity contribution in [2.24, 2.45) is 0 Å². The molecule has 0 saturated heterocycles. The standard InChI is InChI=1S/C20H23BrN2O2S/c1-13-9-11-15(12-10-13)26(24,25)22-23-19-14(2)5-3-6-16(19)17-7-4-8-18(21)20(17)23/h3,5-6,9-12,17-18,20,22H,4,7-8H2,1-2H3. The summed E-state index contributed by atoms with van der Waals surface area (Å²) in [6.45, 7) is 4.00. The van der Waals surface area contributed by atoms with Crippen molar-refractivity contribution in [2.75, 3.05) is 5.01 Å². The minimum absolute atomic E-state index is 0.0973. The second kappa shape index (κ2) is 6.66. The first-order valence-electron chi connectivity index (χ1n) is 9.00. The average Bonchev–Trinajstić information content (AvgIpc) is 2.91. The van der Waals surface area contributed by atoms with Gasteiger partial charge in [-0.05, 0) is 49.9 Å². The van der Waals surface area contributed by atoms with Crippen molar-refractivity contribution in [2.45, 2.75) is 54.8 Å². The molecule has 0 amide bonds. The Morgan fingerprint density at radius 2 is 1.81 bits per heavy atom. The highest BCUT2D eigenvalue weighted by Gasteiger charge is 2.46. The van der Waals surface area contributed by atoms with E-state index in [0.29, 0.717) is 10.8 Å². The fourth-order valence-corrected chi connectivity index (χ4v) is 6.27. The Kier molecular flexibility index (Phi) is 4.61. The first-order chi connectivity index (χ1) is 12.4. The van der Waals surface area contributed by atoms with Crippen LogP contribution in [0, 0.1) is 13.8 Å². The summed E-state index contributed by atoms with van der Waals surface area (Å²) in [5.74, 6) is 0.351. The number of benzene rings is 2. The van der Waals surface area contributed by atoms with E-state index < -0.39 is 10.0 Å². The van der Waals surface area contributed by atoms with Crippen molar-refractivity contribution in [1.82, 2.24) is 4.83 Å². The second-order valence-electron chi connectivity index (χ2n) is 7.33. The summed E-state index contributed by atoms with van der Waals surface area (Å²) in [6, 6.07) is 13.3. The number of sulfonamides is 1. The van der Waals surface area contributed by atoms with Crippen LogP contribution in [0.1, 0.15) is 41.9 Å². The fourth-order valence-electron chi connectivity index (χ4n) is 4.27. The lowest BCUT2D eigenvalue weighted by Crippen LogP contribution is -2.52. The van der Waals surface area contributed by atoms with Crippen LogP contribution in [-0.2, 0) is 10.0 Å². The predicted molar refractivity (Wildman–Crippen MR) is 108 cm³/mol. The topological polar surface area (TPSA) is 49.4 Å². The molecule has 1 fully saturated rings. The summed E-state index contributed by atoms with van der Waals surface area (Å²) >= 11 is 3.82. The fraction of sp³-hybridized carbons (Fsp3) is 0.400. The molecule has 1 aliphatic carbocycles. The highest BCUT2D eigenvalue weighted by Crippen LogP contribution is 2.50. The quantitative estimate of drug-likeness (QED) is 0.727. The molecule has 0 radical (unpaired) electrons. The maximum Gasteiger partial charge on any atom is 0.257 e. The summed E-state index contributed by atoms with van der Waals surface area (Å²) < 4.78 is 26.1. The number of para-hydroxylation sites is 1. The molecule has 26 heavy (non-hydrogen) atoms. The number of hydrazine groups is 1.